The van der Waals surface area contributed by atoms with Crippen LogP contribution in [0.15, 0.2) is 59.4 Å². The van der Waals surface area contributed by atoms with Crippen molar-refractivity contribution in [3.63, 3.8) is 0 Å². The third kappa shape index (κ3) is 5.86. The summed E-state index contributed by atoms with van der Waals surface area (Å²) in [5, 5.41) is 12.1. The van der Waals surface area contributed by atoms with E-state index in [1.54, 1.807) is 6.92 Å². The Balaban J connectivity index is 1.77. The van der Waals surface area contributed by atoms with Gasteiger partial charge < -0.3 is 10.4 Å². The van der Waals surface area contributed by atoms with Crippen molar-refractivity contribution in [3.8, 4) is 11.4 Å². The van der Waals surface area contributed by atoms with Crippen LogP contribution in [0.4, 0.5) is 4.39 Å². The molecule has 6 nitrogen and oxygen atoms in total. The molecule has 3 aromatic rings. The molecule has 0 atom stereocenters. The van der Waals surface area contributed by atoms with Crippen molar-refractivity contribution in [1.29, 1.82) is 0 Å². The van der Waals surface area contributed by atoms with Gasteiger partial charge in [-0.3, -0.25) is 14.2 Å². The highest BCUT2D eigenvalue weighted by Crippen LogP contribution is 2.18. The van der Waals surface area contributed by atoms with Crippen LogP contribution in [0.3, 0.4) is 0 Å². The molecule has 0 bridgehead atoms. The predicted octanol–water partition coefficient (Wildman–Crippen LogP) is 2.64. The fourth-order valence-corrected chi connectivity index (χ4v) is 3.43. The van der Waals surface area contributed by atoms with Crippen LogP contribution in [0.2, 0.25) is 0 Å². The van der Waals surface area contributed by atoms with Gasteiger partial charge in [-0.05, 0) is 49.6 Å². The molecule has 0 fully saturated rings. The molecule has 0 radical (unpaired) electrons. The zero-order chi connectivity index (χ0) is 22.2. The van der Waals surface area contributed by atoms with E-state index in [0.29, 0.717) is 29.2 Å². The van der Waals surface area contributed by atoms with E-state index in [4.69, 9.17) is 0 Å². The van der Waals surface area contributed by atoms with Gasteiger partial charge in [-0.1, -0.05) is 30.3 Å². The second-order valence-corrected chi connectivity index (χ2v) is 7.31. The predicted molar refractivity (Wildman–Crippen MR) is 117 cm³/mol. The van der Waals surface area contributed by atoms with Gasteiger partial charge in [-0.25, -0.2) is 9.37 Å². The summed E-state index contributed by atoms with van der Waals surface area (Å²) >= 11 is 0. The van der Waals surface area contributed by atoms with Crippen molar-refractivity contribution in [2.75, 3.05) is 13.2 Å². The largest absolute Gasteiger partial charge is 0.396 e. The number of aliphatic hydroxyl groups is 1. The number of benzene rings is 2. The summed E-state index contributed by atoms with van der Waals surface area (Å²) in [6.45, 7) is 1.77. The first-order chi connectivity index (χ1) is 15.0. The fraction of sp³-hybridized carbons (Fsp3) is 0.292. The Hall–Kier alpha value is -3.32. The molecule has 0 aliphatic rings. The number of nitrogens with one attached hydrogen (secondary N) is 1. The third-order valence-corrected chi connectivity index (χ3v) is 5.04. The standard InChI is InChI=1S/C24H26FN3O3/c1-17-21(13-15-29)24(31)28(23(27-17)19-9-11-20(25)12-10-19)16-22(30)26-14-5-8-18-6-3-2-4-7-18/h2-4,6-7,9-12,29H,5,8,13-16H2,1H3,(H,26,30). The lowest BCUT2D eigenvalue weighted by Gasteiger charge is -2.16. The molecular formula is C24H26FN3O3. The topological polar surface area (TPSA) is 84.2 Å². The summed E-state index contributed by atoms with van der Waals surface area (Å²) < 4.78 is 14.6. The molecule has 0 aliphatic heterocycles. The van der Waals surface area contributed by atoms with E-state index in [-0.39, 0.29) is 31.0 Å². The molecule has 0 aliphatic carbocycles. The molecule has 1 amide bonds. The number of aliphatic hydroxyl groups excluding tert-OH is 1. The van der Waals surface area contributed by atoms with Crippen molar-refractivity contribution in [2.24, 2.45) is 0 Å². The monoisotopic (exact) mass is 423 g/mol. The minimum atomic E-state index is -0.401. The lowest BCUT2D eigenvalue weighted by molar-refractivity contribution is -0.121. The van der Waals surface area contributed by atoms with E-state index < -0.39 is 5.82 Å². The van der Waals surface area contributed by atoms with Crippen LogP contribution >= 0.6 is 0 Å². The number of rotatable bonds is 9. The van der Waals surface area contributed by atoms with Gasteiger partial charge in [0.1, 0.15) is 18.2 Å². The summed E-state index contributed by atoms with van der Waals surface area (Å²) in [6.07, 6.45) is 1.77. The van der Waals surface area contributed by atoms with Crippen molar-refractivity contribution >= 4 is 5.91 Å². The number of carbonyl (C=O) groups is 1. The van der Waals surface area contributed by atoms with Crippen molar-refractivity contribution in [2.45, 2.75) is 32.7 Å². The minimum Gasteiger partial charge on any atom is -0.396 e. The van der Waals surface area contributed by atoms with Crippen molar-refractivity contribution in [1.82, 2.24) is 14.9 Å². The maximum atomic E-state index is 13.4. The van der Waals surface area contributed by atoms with Crippen LogP contribution in [0.1, 0.15) is 23.2 Å². The number of aryl methyl sites for hydroxylation is 2. The second kappa shape index (κ2) is 10.6. The van der Waals surface area contributed by atoms with Gasteiger partial charge >= 0.3 is 0 Å². The summed E-state index contributed by atoms with van der Waals surface area (Å²) in [4.78, 5) is 30.1. The van der Waals surface area contributed by atoms with Gasteiger partial charge in [0.2, 0.25) is 5.91 Å². The number of nitrogens with zero attached hydrogens (tertiary/aromatic N) is 2. The smallest absolute Gasteiger partial charge is 0.257 e. The molecule has 0 spiro atoms. The van der Waals surface area contributed by atoms with Gasteiger partial charge in [0.25, 0.3) is 5.56 Å². The van der Waals surface area contributed by atoms with Gasteiger partial charge in [0.15, 0.2) is 0 Å². The zero-order valence-electron chi connectivity index (χ0n) is 17.5. The average Bonchev–Trinajstić information content (AvgIpc) is 2.77. The van der Waals surface area contributed by atoms with E-state index in [9.17, 15) is 19.1 Å². The van der Waals surface area contributed by atoms with Crippen molar-refractivity contribution in [3.05, 3.63) is 87.6 Å². The van der Waals surface area contributed by atoms with Crippen LogP contribution < -0.4 is 10.9 Å². The maximum absolute atomic E-state index is 13.4. The number of hydrogen-bond acceptors (Lipinski definition) is 4. The molecule has 1 heterocycles. The molecule has 1 aromatic heterocycles. The molecule has 7 heteroatoms. The van der Waals surface area contributed by atoms with Crippen LogP contribution in [-0.4, -0.2) is 33.7 Å². The van der Waals surface area contributed by atoms with Gasteiger partial charge in [0, 0.05) is 36.4 Å². The average molecular weight is 423 g/mol. The number of amides is 1. The Morgan fingerprint density at radius 2 is 1.81 bits per heavy atom. The Labute approximate surface area is 180 Å². The number of aromatic nitrogens is 2. The fourth-order valence-electron chi connectivity index (χ4n) is 3.43. The number of hydrogen-bond donors (Lipinski definition) is 2. The minimum absolute atomic E-state index is 0.153. The van der Waals surface area contributed by atoms with Crippen LogP contribution in [0.5, 0.6) is 0 Å². The normalized spacial score (nSPS) is 10.8. The van der Waals surface area contributed by atoms with E-state index >= 15 is 0 Å². The van der Waals surface area contributed by atoms with E-state index in [1.165, 1.54) is 34.4 Å². The highest BCUT2D eigenvalue weighted by molar-refractivity contribution is 5.76. The lowest BCUT2D eigenvalue weighted by Crippen LogP contribution is -2.36. The number of halogens is 1. The Bertz CT molecular complexity index is 1080. The van der Waals surface area contributed by atoms with Crippen molar-refractivity contribution < 1.29 is 14.3 Å². The third-order valence-electron chi connectivity index (χ3n) is 5.04. The molecule has 0 unspecified atom stereocenters. The number of carbonyl (C=O) groups excluding carboxylic acids is 1. The summed E-state index contributed by atoms with van der Waals surface area (Å²) in [7, 11) is 0. The highest BCUT2D eigenvalue weighted by atomic mass is 19.1. The molecule has 3 rings (SSSR count). The van der Waals surface area contributed by atoms with E-state index in [0.717, 1.165) is 12.8 Å². The quantitative estimate of drug-likeness (QED) is 0.518. The Kier molecular flexibility index (Phi) is 7.67. The van der Waals surface area contributed by atoms with Gasteiger partial charge in [-0.2, -0.15) is 0 Å². The first-order valence-corrected chi connectivity index (χ1v) is 10.3. The zero-order valence-corrected chi connectivity index (χ0v) is 17.5. The lowest BCUT2D eigenvalue weighted by atomic mass is 10.1. The second-order valence-electron chi connectivity index (χ2n) is 7.31. The first-order valence-electron chi connectivity index (χ1n) is 10.3. The van der Waals surface area contributed by atoms with E-state index in [1.807, 2.05) is 30.3 Å². The summed E-state index contributed by atoms with van der Waals surface area (Å²) in [6, 6.07) is 15.6. The van der Waals surface area contributed by atoms with Crippen LogP contribution in [0, 0.1) is 12.7 Å². The molecule has 0 saturated carbocycles. The Morgan fingerprint density at radius 1 is 1.10 bits per heavy atom. The SMILES string of the molecule is Cc1nc(-c2ccc(F)cc2)n(CC(=O)NCCCc2ccccc2)c(=O)c1CCO. The van der Waals surface area contributed by atoms with Crippen LogP contribution in [-0.2, 0) is 24.2 Å². The molecule has 0 saturated heterocycles. The van der Waals surface area contributed by atoms with Crippen LogP contribution in [0.25, 0.3) is 11.4 Å². The molecule has 31 heavy (non-hydrogen) atoms. The van der Waals surface area contributed by atoms with Gasteiger partial charge in [0.05, 0.1) is 0 Å². The molecule has 2 N–H and O–H groups in total. The maximum Gasteiger partial charge on any atom is 0.257 e. The van der Waals surface area contributed by atoms with E-state index in [2.05, 4.69) is 10.3 Å². The molecular weight excluding hydrogens is 397 g/mol. The molecule has 2 aromatic carbocycles. The summed E-state index contributed by atoms with van der Waals surface area (Å²) in [5.41, 5.74) is 2.21. The van der Waals surface area contributed by atoms with Gasteiger partial charge in [-0.15, -0.1) is 0 Å². The highest BCUT2D eigenvalue weighted by Gasteiger charge is 2.17. The molecule has 162 valence electrons. The first kappa shape index (κ1) is 22.4. The Morgan fingerprint density at radius 3 is 2.48 bits per heavy atom. The summed E-state index contributed by atoms with van der Waals surface area (Å²) in [5.74, 6) is -0.412.